The lowest BCUT2D eigenvalue weighted by Gasteiger charge is -2.12. The third kappa shape index (κ3) is 18.2. The predicted molar refractivity (Wildman–Crippen MR) is 105 cm³/mol. The molecule has 4 N–H and O–H groups in total. The average Bonchev–Trinajstić information content (AvgIpc) is 2.57. The molecule has 0 spiro atoms. The first kappa shape index (κ1) is 23.8. The number of nitrogens with one attached hydrogen (secondary N) is 2. The van der Waals surface area contributed by atoms with Gasteiger partial charge in [-0.1, -0.05) is 65.2 Å². The Kier molecular flexibility index (Phi) is 19.0. The van der Waals surface area contributed by atoms with Gasteiger partial charge in [0.1, 0.15) is 0 Å². The van der Waals surface area contributed by atoms with Crippen LogP contribution in [0, 0.1) is 0 Å². The van der Waals surface area contributed by atoms with Crippen LogP contribution in [0.25, 0.3) is 0 Å². The summed E-state index contributed by atoms with van der Waals surface area (Å²) in [6.45, 7) is 7.87. The van der Waals surface area contributed by atoms with Crippen LogP contribution in [0.5, 0.6) is 0 Å². The minimum Gasteiger partial charge on any atom is -0.392 e. The van der Waals surface area contributed by atoms with Crippen molar-refractivity contribution in [1.29, 1.82) is 0 Å². The molecule has 4 heteroatoms. The summed E-state index contributed by atoms with van der Waals surface area (Å²) in [7, 11) is 0. The molecule has 0 aromatic heterocycles. The van der Waals surface area contributed by atoms with Crippen molar-refractivity contribution in [3.63, 3.8) is 0 Å². The van der Waals surface area contributed by atoms with E-state index in [0.29, 0.717) is 0 Å². The van der Waals surface area contributed by atoms with Gasteiger partial charge in [0.15, 0.2) is 0 Å². The number of aliphatic hydroxyl groups is 2. The maximum Gasteiger partial charge on any atom is 0.0664 e. The van der Waals surface area contributed by atoms with E-state index in [1.807, 2.05) is 0 Å². The number of aliphatic hydroxyl groups excluding tert-OH is 2. The van der Waals surface area contributed by atoms with Gasteiger partial charge in [-0.3, -0.25) is 0 Å². The minimum absolute atomic E-state index is 0.176. The Morgan fingerprint density at radius 3 is 1.38 bits per heavy atom. The Balaban J connectivity index is 3.17. The van der Waals surface area contributed by atoms with E-state index in [-0.39, 0.29) is 12.2 Å². The Labute approximate surface area is 150 Å². The van der Waals surface area contributed by atoms with Crippen molar-refractivity contribution in [2.45, 2.75) is 103 Å². The van der Waals surface area contributed by atoms with E-state index in [9.17, 15) is 10.2 Å². The largest absolute Gasteiger partial charge is 0.392 e. The molecule has 0 fully saturated rings. The zero-order valence-electron chi connectivity index (χ0n) is 16.4. The lowest BCUT2D eigenvalue weighted by atomic mass is 10.1. The molecule has 0 bridgehead atoms. The van der Waals surface area contributed by atoms with Gasteiger partial charge >= 0.3 is 0 Å². The molecule has 0 saturated heterocycles. The summed E-state index contributed by atoms with van der Waals surface area (Å²) in [5, 5.41) is 26.3. The van der Waals surface area contributed by atoms with Crippen LogP contribution in [-0.4, -0.2) is 48.6 Å². The van der Waals surface area contributed by atoms with Crippen molar-refractivity contribution in [3.05, 3.63) is 0 Å². The summed E-state index contributed by atoms with van der Waals surface area (Å²) in [5.74, 6) is 0. The number of hydrogen-bond acceptors (Lipinski definition) is 4. The van der Waals surface area contributed by atoms with E-state index in [1.165, 1.54) is 51.4 Å². The van der Waals surface area contributed by atoms with Gasteiger partial charge in [-0.15, -0.1) is 0 Å². The molecule has 0 rings (SSSR count). The van der Waals surface area contributed by atoms with Gasteiger partial charge in [-0.25, -0.2) is 0 Å². The fraction of sp³-hybridized carbons (Fsp3) is 1.00. The second-order valence-corrected chi connectivity index (χ2v) is 7.12. The highest BCUT2D eigenvalue weighted by molar-refractivity contribution is 4.61. The fourth-order valence-electron chi connectivity index (χ4n) is 2.85. The van der Waals surface area contributed by atoms with Crippen molar-refractivity contribution in [1.82, 2.24) is 10.6 Å². The van der Waals surface area contributed by atoms with Crippen molar-refractivity contribution >= 4 is 0 Å². The van der Waals surface area contributed by atoms with Crippen molar-refractivity contribution in [2.75, 3.05) is 26.2 Å². The average molecular weight is 345 g/mol. The third-order valence-corrected chi connectivity index (χ3v) is 4.50. The van der Waals surface area contributed by atoms with Gasteiger partial charge in [0.2, 0.25) is 0 Å². The van der Waals surface area contributed by atoms with E-state index in [0.717, 1.165) is 51.9 Å². The highest BCUT2D eigenvalue weighted by atomic mass is 16.3. The van der Waals surface area contributed by atoms with E-state index in [2.05, 4.69) is 24.5 Å². The normalized spacial score (nSPS) is 14.0. The molecule has 146 valence electrons. The Morgan fingerprint density at radius 1 is 0.583 bits per heavy atom. The lowest BCUT2D eigenvalue weighted by Crippen LogP contribution is -2.28. The summed E-state index contributed by atoms with van der Waals surface area (Å²) >= 11 is 0. The third-order valence-electron chi connectivity index (χ3n) is 4.50. The molecule has 4 nitrogen and oxygen atoms in total. The molecule has 0 radical (unpaired) electrons. The Hall–Kier alpha value is -0.160. The Bertz CT molecular complexity index is 216. The number of hydrogen-bond donors (Lipinski definition) is 4. The Morgan fingerprint density at radius 2 is 1.00 bits per heavy atom. The molecule has 0 aliphatic rings. The highest BCUT2D eigenvalue weighted by Gasteiger charge is 2.03. The summed E-state index contributed by atoms with van der Waals surface area (Å²) < 4.78 is 0. The zero-order chi connectivity index (χ0) is 17.9. The van der Waals surface area contributed by atoms with Gasteiger partial charge in [-0.05, 0) is 38.8 Å². The fourth-order valence-corrected chi connectivity index (χ4v) is 2.85. The van der Waals surface area contributed by atoms with Gasteiger partial charge in [0.05, 0.1) is 12.2 Å². The van der Waals surface area contributed by atoms with Crippen LogP contribution in [0.4, 0.5) is 0 Å². The molecule has 0 aromatic carbocycles. The number of unbranched alkanes of at least 4 members (excludes halogenated alkanes) is 7. The molecule has 2 atom stereocenters. The van der Waals surface area contributed by atoms with Crippen LogP contribution in [0.2, 0.25) is 0 Å². The summed E-state index contributed by atoms with van der Waals surface area (Å²) in [5.41, 5.74) is 0. The van der Waals surface area contributed by atoms with Crippen LogP contribution < -0.4 is 10.6 Å². The second-order valence-electron chi connectivity index (χ2n) is 7.12. The van der Waals surface area contributed by atoms with E-state index in [4.69, 9.17) is 0 Å². The molecule has 0 saturated carbocycles. The topological polar surface area (TPSA) is 64.5 Å². The minimum atomic E-state index is -0.176. The molecular formula is C20H44N2O2. The maximum absolute atomic E-state index is 9.80. The van der Waals surface area contributed by atoms with Gasteiger partial charge in [0.25, 0.3) is 0 Å². The maximum atomic E-state index is 9.80. The van der Waals surface area contributed by atoms with Gasteiger partial charge < -0.3 is 20.8 Å². The van der Waals surface area contributed by atoms with Crippen molar-refractivity contribution in [3.8, 4) is 0 Å². The molecule has 0 amide bonds. The van der Waals surface area contributed by atoms with Crippen LogP contribution in [-0.2, 0) is 0 Å². The van der Waals surface area contributed by atoms with E-state index < -0.39 is 0 Å². The monoisotopic (exact) mass is 344 g/mol. The van der Waals surface area contributed by atoms with Crippen LogP contribution in [0.3, 0.4) is 0 Å². The molecular weight excluding hydrogens is 300 g/mol. The molecule has 0 heterocycles. The van der Waals surface area contributed by atoms with Gasteiger partial charge in [0, 0.05) is 13.1 Å². The molecule has 24 heavy (non-hydrogen) atoms. The predicted octanol–water partition coefficient (Wildman–Crippen LogP) is 3.61. The highest BCUT2D eigenvalue weighted by Crippen LogP contribution is 2.04. The van der Waals surface area contributed by atoms with Gasteiger partial charge in [-0.2, -0.15) is 0 Å². The lowest BCUT2D eigenvalue weighted by molar-refractivity contribution is 0.157. The quantitative estimate of drug-likeness (QED) is 0.270. The first-order valence-electron chi connectivity index (χ1n) is 10.5. The molecule has 0 aliphatic heterocycles. The van der Waals surface area contributed by atoms with Crippen molar-refractivity contribution in [2.24, 2.45) is 0 Å². The summed E-state index contributed by atoms with van der Waals surface area (Å²) in [6.07, 6.45) is 13.5. The summed E-state index contributed by atoms with van der Waals surface area (Å²) in [6, 6.07) is 0. The van der Waals surface area contributed by atoms with Crippen LogP contribution >= 0.6 is 0 Å². The SMILES string of the molecule is CCCCCC(O)CNCCCCCCNCC(O)CCCCC. The summed E-state index contributed by atoms with van der Waals surface area (Å²) in [4.78, 5) is 0. The standard InChI is InChI=1S/C20H44N2O2/c1-3-5-9-13-19(23)17-21-15-11-7-8-12-16-22-18-20(24)14-10-6-4-2/h19-24H,3-18H2,1-2H3. The second kappa shape index (κ2) is 19.2. The first-order chi connectivity index (χ1) is 11.7. The zero-order valence-corrected chi connectivity index (χ0v) is 16.4. The molecule has 0 aliphatic carbocycles. The van der Waals surface area contributed by atoms with E-state index in [1.54, 1.807) is 0 Å². The van der Waals surface area contributed by atoms with Crippen LogP contribution in [0.1, 0.15) is 90.9 Å². The molecule has 0 aromatic rings. The van der Waals surface area contributed by atoms with Crippen molar-refractivity contribution < 1.29 is 10.2 Å². The number of rotatable bonds is 19. The first-order valence-corrected chi connectivity index (χ1v) is 10.5. The van der Waals surface area contributed by atoms with E-state index >= 15 is 0 Å². The smallest absolute Gasteiger partial charge is 0.0664 e. The molecule has 2 unspecified atom stereocenters. The van der Waals surface area contributed by atoms with Crippen LogP contribution in [0.15, 0.2) is 0 Å².